The fourth-order valence-corrected chi connectivity index (χ4v) is 7.80. The molecule has 1 saturated heterocycles. The van der Waals surface area contributed by atoms with Gasteiger partial charge in [0.1, 0.15) is 5.78 Å². The zero-order valence-electron chi connectivity index (χ0n) is 23.2. The quantitative estimate of drug-likeness (QED) is 0.317. The molecule has 208 valence electrons. The van der Waals surface area contributed by atoms with Gasteiger partial charge in [-0.1, -0.05) is 57.1 Å². The van der Waals surface area contributed by atoms with E-state index in [0.29, 0.717) is 41.8 Å². The van der Waals surface area contributed by atoms with Gasteiger partial charge in [0.2, 0.25) is 0 Å². The molecule has 0 N–H and O–H groups in total. The van der Waals surface area contributed by atoms with Crippen LogP contribution in [0.3, 0.4) is 0 Å². The minimum Gasteiger partial charge on any atom is -0.381 e. The maximum Gasteiger partial charge on any atom is 0.416 e. The number of halogens is 3. The third-order valence-electron chi connectivity index (χ3n) is 10.3. The fourth-order valence-electron chi connectivity index (χ4n) is 7.80. The Bertz CT molecular complexity index is 1090. The molecule has 38 heavy (non-hydrogen) atoms. The lowest BCUT2D eigenvalue weighted by atomic mass is 9.60. The summed E-state index contributed by atoms with van der Waals surface area (Å²) < 4.78 is 45.6. The van der Waals surface area contributed by atoms with Gasteiger partial charge in [0, 0.05) is 24.5 Å². The maximum atomic E-state index is 13.8. The number of hydrogen-bond donors (Lipinski definition) is 0. The van der Waals surface area contributed by atoms with Crippen LogP contribution in [0.4, 0.5) is 13.2 Å². The average molecular weight is 529 g/mol. The van der Waals surface area contributed by atoms with Crippen LogP contribution in [0.1, 0.15) is 82.4 Å². The van der Waals surface area contributed by atoms with Gasteiger partial charge >= 0.3 is 6.18 Å². The Kier molecular flexibility index (Phi) is 7.97. The zero-order valence-corrected chi connectivity index (χ0v) is 23.2. The number of allylic oxidation sites excluding steroid dienone is 4. The normalized spacial score (nSPS) is 35.3. The number of aryl methyl sites for hydroxylation is 1. The SMILES string of the molecule is CCc1ccc(C(F)(F)F)cc1CC1=CC2CC(C(=O)C3(C)CCC(C=CC4CCOCC4CC)C3)C2C1. The van der Waals surface area contributed by atoms with Crippen LogP contribution in [0.25, 0.3) is 0 Å². The van der Waals surface area contributed by atoms with Crippen molar-refractivity contribution in [1.29, 1.82) is 0 Å². The van der Waals surface area contributed by atoms with Crippen molar-refractivity contribution < 1.29 is 22.7 Å². The molecule has 1 aliphatic heterocycles. The summed E-state index contributed by atoms with van der Waals surface area (Å²) in [5.41, 5.74) is 2.16. The highest BCUT2D eigenvalue weighted by atomic mass is 19.4. The van der Waals surface area contributed by atoms with Crippen molar-refractivity contribution >= 4 is 5.78 Å². The van der Waals surface area contributed by atoms with Crippen LogP contribution in [-0.4, -0.2) is 19.0 Å². The second-order valence-corrected chi connectivity index (χ2v) is 12.7. The van der Waals surface area contributed by atoms with Gasteiger partial charge in [-0.15, -0.1) is 0 Å². The first-order chi connectivity index (χ1) is 18.1. The number of benzene rings is 1. The van der Waals surface area contributed by atoms with E-state index in [4.69, 9.17) is 4.74 Å². The van der Waals surface area contributed by atoms with Gasteiger partial charge in [0.15, 0.2) is 0 Å². The molecule has 1 aromatic rings. The van der Waals surface area contributed by atoms with Crippen molar-refractivity contribution in [3.05, 3.63) is 58.7 Å². The molecule has 0 aromatic heterocycles. The summed E-state index contributed by atoms with van der Waals surface area (Å²) in [7, 11) is 0. The molecule has 5 rings (SSSR count). The number of carbonyl (C=O) groups excluding carboxylic acids is 1. The number of ether oxygens (including phenoxy) is 1. The average Bonchev–Trinajstić information content (AvgIpc) is 3.43. The van der Waals surface area contributed by atoms with Crippen molar-refractivity contribution in [2.24, 2.45) is 40.9 Å². The van der Waals surface area contributed by atoms with Gasteiger partial charge in [0.25, 0.3) is 0 Å². The monoisotopic (exact) mass is 528 g/mol. The summed E-state index contributed by atoms with van der Waals surface area (Å²) in [6, 6.07) is 4.16. The standard InChI is InChI=1S/C33H43F3O2/c1-4-23-8-9-28(33(34,35)36)17-26(23)14-22-15-27-18-30(29(27)16-22)31(37)32(3)12-10-21(19-32)6-7-25-11-13-38-20-24(25)5-2/h6-9,15,17,21,24-25,27,29-30H,4-5,10-14,16,18-20H2,1-3H3. The van der Waals surface area contributed by atoms with Crippen LogP contribution in [0.15, 0.2) is 42.0 Å². The van der Waals surface area contributed by atoms with Crippen LogP contribution < -0.4 is 0 Å². The van der Waals surface area contributed by atoms with Crippen molar-refractivity contribution in [3.63, 3.8) is 0 Å². The van der Waals surface area contributed by atoms with Crippen LogP contribution >= 0.6 is 0 Å². The smallest absolute Gasteiger partial charge is 0.381 e. The van der Waals surface area contributed by atoms with Gasteiger partial charge in [-0.05, 0) is 104 Å². The molecule has 0 amide bonds. The summed E-state index contributed by atoms with van der Waals surface area (Å²) in [5.74, 6) is 2.98. The van der Waals surface area contributed by atoms with E-state index >= 15 is 0 Å². The Hall–Kier alpha value is -1.88. The second-order valence-electron chi connectivity index (χ2n) is 12.7. The van der Waals surface area contributed by atoms with Gasteiger partial charge < -0.3 is 4.74 Å². The molecule has 2 saturated carbocycles. The van der Waals surface area contributed by atoms with Gasteiger partial charge in [0.05, 0.1) is 5.56 Å². The molecule has 5 heteroatoms. The molecule has 1 heterocycles. The first-order valence-corrected chi connectivity index (χ1v) is 14.8. The fraction of sp³-hybridized carbons (Fsp3) is 0.667. The van der Waals surface area contributed by atoms with E-state index < -0.39 is 11.7 Å². The van der Waals surface area contributed by atoms with Crippen LogP contribution in [0.5, 0.6) is 0 Å². The Morgan fingerprint density at radius 2 is 1.97 bits per heavy atom. The number of alkyl halides is 3. The molecule has 7 unspecified atom stereocenters. The number of hydrogen-bond acceptors (Lipinski definition) is 2. The first kappa shape index (κ1) is 27.7. The predicted octanol–water partition coefficient (Wildman–Crippen LogP) is 8.39. The third-order valence-corrected chi connectivity index (χ3v) is 10.3. The molecule has 1 aromatic carbocycles. The van der Waals surface area contributed by atoms with Crippen molar-refractivity contribution in [2.75, 3.05) is 13.2 Å². The van der Waals surface area contributed by atoms with E-state index in [2.05, 4.69) is 32.1 Å². The molecule has 2 nitrogen and oxygen atoms in total. The lowest BCUT2D eigenvalue weighted by molar-refractivity contribution is -0.139. The number of fused-ring (bicyclic) bond motifs is 1. The van der Waals surface area contributed by atoms with Crippen molar-refractivity contribution in [2.45, 2.75) is 84.7 Å². The number of carbonyl (C=O) groups is 1. The highest BCUT2D eigenvalue weighted by Gasteiger charge is 2.52. The Morgan fingerprint density at radius 1 is 1.16 bits per heavy atom. The predicted molar refractivity (Wildman–Crippen MR) is 145 cm³/mol. The zero-order chi connectivity index (χ0) is 27.1. The number of rotatable bonds is 8. The van der Waals surface area contributed by atoms with E-state index in [9.17, 15) is 18.0 Å². The number of ketones is 1. The number of Topliss-reactive ketones (excluding diaryl/α,β-unsaturated/α-hetero) is 1. The Balaban J connectivity index is 1.18. The van der Waals surface area contributed by atoms with Crippen LogP contribution in [0, 0.1) is 40.9 Å². The molecule has 3 fully saturated rings. The van der Waals surface area contributed by atoms with E-state index in [1.165, 1.54) is 17.7 Å². The summed E-state index contributed by atoms with van der Waals surface area (Å²) in [4.78, 5) is 13.8. The topological polar surface area (TPSA) is 26.3 Å². The third kappa shape index (κ3) is 5.55. The Labute approximate surface area is 226 Å². The van der Waals surface area contributed by atoms with Crippen LogP contribution in [-0.2, 0) is 28.5 Å². The highest BCUT2D eigenvalue weighted by molar-refractivity contribution is 5.88. The molecular weight excluding hydrogens is 485 g/mol. The van der Waals surface area contributed by atoms with E-state index in [-0.39, 0.29) is 11.3 Å². The van der Waals surface area contributed by atoms with Gasteiger partial charge in [-0.3, -0.25) is 4.79 Å². The maximum absolute atomic E-state index is 13.8. The summed E-state index contributed by atoms with van der Waals surface area (Å²) in [5, 5.41) is 0. The molecule has 0 spiro atoms. The first-order valence-electron chi connectivity index (χ1n) is 14.8. The van der Waals surface area contributed by atoms with E-state index in [1.807, 2.05) is 6.92 Å². The second kappa shape index (κ2) is 10.9. The van der Waals surface area contributed by atoms with Crippen molar-refractivity contribution in [3.8, 4) is 0 Å². The molecule has 7 atom stereocenters. The Morgan fingerprint density at radius 3 is 2.71 bits per heavy atom. The van der Waals surface area contributed by atoms with E-state index in [0.717, 1.165) is 75.7 Å². The summed E-state index contributed by atoms with van der Waals surface area (Å²) in [6.45, 7) is 8.12. The lowest BCUT2D eigenvalue weighted by Crippen LogP contribution is -2.44. The minimum atomic E-state index is -4.33. The summed E-state index contributed by atoms with van der Waals surface area (Å²) in [6.07, 6.45) is 11.0. The highest BCUT2D eigenvalue weighted by Crippen LogP contribution is 2.55. The van der Waals surface area contributed by atoms with Crippen molar-refractivity contribution in [1.82, 2.24) is 0 Å². The molecule has 0 bridgehead atoms. The molecule has 0 radical (unpaired) electrons. The van der Waals surface area contributed by atoms with Gasteiger partial charge in [-0.25, -0.2) is 0 Å². The molecule has 4 aliphatic rings. The molecular formula is C33H43F3O2. The minimum absolute atomic E-state index is 0.105. The van der Waals surface area contributed by atoms with Gasteiger partial charge in [-0.2, -0.15) is 13.2 Å². The largest absolute Gasteiger partial charge is 0.416 e. The molecule has 3 aliphatic carbocycles. The summed E-state index contributed by atoms with van der Waals surface area (Å²) >= 11 is 0. The van der Waals surface area contributed by atoms with Crippen LogP contribution in [0.2, 0.25) is 0 Å². The van der Waals surface area contributed by atoms with E-state index in [1.54, 1.807) is 6.07 Å². The lowest BCUT2D eigenvalue weighted by Gasteiger charge is -2.43.